The highest BCUT2D eigenvalue weighted by atomic mass is 79.9. The molecule has 0 bridgehead atoms. The highest BCUT2D eigenvalue weighted by molar-refractivity contribution is 9.10. The van der Waals surface area contributed by atoms with Crippen LogP contribution in [0.2, 0.25) is 0 Å². The summed E-state index contributed by atoms with van der Waals surface area (Å²) in [7, 11) is 0. The number of hydrogen-bond acceptors (Lipinski definition) is 2. The molecule has 1 rings (SSSR count). The van der Waals surface area contributed by atoms with Crippen LogP contribution in [-0.4, -0.2) is 6.04 Å². The Morgan fingerprint density at radius 2 is 2.00 bits per heavy atom. The van der Waals surface area contributed by atoms with E-state index in [1.165, 1.54) is 6.07 Å². The molecule has 0 amide bonds. The Labute approximate surface area is 99.2 Å². The Morgan fingerprint density at radius 1 is 1.38 bits per heavy atom. The van der Waals surface area contributed by atoms with Crippen molar-refractivity contribution in [2.45, 2.75) is 19.1 Å². The van der Waals surface area contributed by atoms with Crippen LogP contribution in [-0.2, 0) is 6.18 Å². The van der Waals surface area contributed by atoms with Gasteiger partial charge >= 0.3 is 6.18 Å². The number of nitrogens with zero attached hydrogens (tertiary/aromatic N) is 1. The molecule has 86 valence electrons. The fourth-order valence-electron chi connectivity index (χ4n) is 1.12. The molecule has 0 aromatic heterocycles. The molecule has 16 heavy (non-hydrogen) atoms. The highest BCUT2D eigenvalue weighted by Gasteiger charge is 2.31. The lowest BCUT2D eigenvalue weighted by atomic mass is 10.2. The monoisotopic (exact) mass is 292 g/mol. The van der Waals surface area contributed by atoms with Crippen molar-refractivity contribution in [3.05, 3.63) is 28.2 Å². The summed E-state index contributed by atoms with van der Waals surface area (Å²) in [6.45, 7) is 1.56. The van der Waals surface area contributed by atoms with Crippen molar-refractivity contribution >= 4 is 21.6 Å². The molecule has 0 saturated heterocycles. The van der Waals surface area contributed by atoms with Gasteiger partial charge in [-0.25, -0.2) is 0 Å². The molecule has 0 aliphatic rings. The predicted molar refractivity (Wildman–Crippen MR) is 57.8 cm³/mol. The van der Waals surface area contributed by atoms with Crippen molar-refractivity contribution < 1.29 is 13.2 Å². The van der Waals surface area contributed by atoms with Crippen molar-refractivity contribution in [2.75, 3.05) is 5.32 Å². The van der Waals surface area contributed by atoms with E-state index in [1.807, 2.05) is 6.07 Å². The van der Waals surface area contributed by atoms with Gasteiger partial charge in [-0.3, -0.25) is 0 Å². The summed E-state index contributed by atoms with van der Waals surface area (Å²) >= 11 is 2.99. The zero-order chi connectivity index (χ0) is 12.3. The molecule has 6 heteroatoms. The summed E-state index contributed by atoms with van der Waals surface area (Å²) in [5.41, 5.74) is -0.495. The van der Waals surface area contributed by atoms with Crippen molar-refractivity contribution in [3.63, 3.8) is 0 Å². The van der Waals surface area contributed by atoms with Crippen LogP contribution < -0.4 is 5.32 Å². The van der Waals surface area contributed by atoms with Gasteiger partial charge in [0.25, 0.3) is 0 Å². The Balaban J connectivity index is 3.05. The molecule has 0 heterocycles. The van der Waals surface area contributed by atoms with Gasteiger partial charge in [0.1, 0.15) is 6.04 Å². The van der Waals surface area contributed by atoms with Crippen LogP contribution in [0.15, 0.2) is 22.7 Å². The lowest BCUT2D eigenvalue weighted by Gasteiger charge is -2.12. The third-order valence-electron chi connectivity index (χ3n) is 1.80. The predicted octanol–water partition coefficient (Wildman–Crippen LogP) is 3.79. The maximum atomic E-state index is 12.5. The Kier molecular flexibility index (Phi) is 3.81. The van der Waals surface area contributed by atoms with E-state index in [0.717, 1.165) is 12.1 Å². The van der Waals surface area contributed by atoms with Crippen LogP contribution in [0.25, 0.3) is 0 Å². The van der Waals surface area contributed by atoms with E-state index >= 15 is 0 Å². The van der Waals surface area contributed by atoms with Crippen LogP contribution >= 0.6 is 15.9 Å². The van der Waals surface area contributed by atoms with Crippen molar-refractivity contribution in [2.24, 2.45) is 0 Å². The second-order valence-corrected chi connectivity index (χ2v) is 4.14. The average Bonchev–Trinajstić information content (AvgIpc) is 2.15. The first-order valence-electron chi connectivity index (χ1n) is 4.37. The molecule has 0 saturated carbocycles. The van der Waals surface area contributed by atoms with Gasteiger partial charge in [0, 0.05) is 10.2 Å². The molecule has 0 spiro atoms. The smallest absolute Gasteiger partial charge is 0.370 e. The summed E-state index contributed by atoms with van der Waals surface area (Å²) in [5.74, 6) is 0. The van der Waals surface area contributed by atoms with Crippen molar-refractivity contribution in [1.29, 1.82) is 5.26 Å². The largest absolute Gasteiger partial charge is 0.416 e. The SMILES string of the molecule is CC(C#N)Nc1cc(Br)cc(C(F)(F)F)c1. The van der Waals surface area contributed by atoms with Gasteiger partial charge in [-0.05, 0) is 25.1 Å². The van der Waals surface area contributed by atoms with Gasteiger partial charge in [0.2, 0.25) is 0 Å². The molecule has 1 N–H and O–H groups in total. The first-order valence-corrected chi connectivity index (χ1v) is 5.16. The fraction of sp³-hybridized carbons (Fsp3) is 0.300. The Bertz CT molecular complexity index is 423. The van der Waals surface area contributed by atoms with E-state index in [4.69, 9.17) is 5.26 Å². The molecule has 1 unspecified atom stereocenters. The highest BCUT2D eigenvalue weighted by Crippen LogP contribution is 2.33. The van der Waals surface area contributed by atoms with Crippen LogP contribution in [0.4, 0.5) is 18.9 Å². The van der Waals surface area contributed by atoms with E-state index in [2.05, 4.69) is 21.2 Å². The number of alkyl halides is 3. The zero-order valence-electron chi connectivity index (χ0n) is 8.27. The summed E-state index contributed by atoms with van der Waals surface area (Å²) in [6.07, 6.45) is -4.39. The maximum absolute atomic E-state index is 12.5. The minimum absolute atomic E-state index is 0.260. The average molecular weight is 293 g/mol. The quantitative estimate of drug-likeness (QED) is 0.900. The normalized spacial score (nSPS) is 13.0. The molecule has 0 aliphatic carbocycles. The number of anilines is 1. The topological polar surface area (TPSA) is 35.8 Å². The summed E-state index contributed by atoms with van der Waals surface area (Å²) in [4.78, 5) is 0. The second-order valence-electron chi connectivity index (χ2n) is 3.22. The van der Waals surface area contributed by atoms with Crippen molar-refractivity contribution in [1.82, 2.24) is 0 Å². The minimum Gasteiger partial charge on any atom is -0.370 e. The van der Waals surface area contributed by atoms with E-state index in [0.29, 0.717) is 4.47 Å². The number of hydrogen-bond donors (Lipinski definition) is 1. The molecule has 0 radical (unpaired) electrons. The molecule has 1 atom stereocenters. The maximum Gasteiger partial charge on any atom is 0.416 e. The first-order chi connectivity index (χ1) is 7.32. The number of nitriles is 1. The van der Waals surface area contributed by atoms with E-state index in [1.54, 1.807) is 6.92 Å². The third kappa shape index (κ3) is 3.42. The number of benzene rings is 1. The minimum atomic E-state index is -4.39. The lowest BCUT2D eigenvalue weighted by Crippen LogP contribution is -2.13. The van der Waals surface area contributed by atoms with E-state index in [-0.39, 0.29) is 5.69 Å². The van der Waals surface area contributed by atoms with Crippen LogP contribution in [0.5, 0.6) is 0 Å². The molecular weight excluding hydrogens is 285 g/mol. The van der Waals surface area contributed by atoms with E-state index in [9.17, 15) is 13.2 Å². The summed E-state index contributed by atoms with van der Waals surface area (Å²) in [6, 6.07) is 4.79. The molecule has 1 aromatic rings. The van der Waals surface area contributed by atoms with Crippen LogP contribution in [0.1, 0.15) is 12.5 Å². The molecule has 2 nitrogen and oxygen atoms in total. The Hall–Kier alpha value is -1.22. The molecule has 1 aromatic carbocycles. The Morgan fingerprint density at radius 3 is 2.50 bits per heavy atom. The summed E-state index contributed by atoms with van der Waals surface area (Å²) in [5, 5.41) is 11.2. The van der Waals surface area contributed by atoms with Gasteiger partial charge in [-0.2, -0.15) is 18.4 Å². The second kappa shape index (κ2) is 4.74. The lowest BCUT2D eigenvalue weighted by molar-refractivity contribution is -0.137. The standard InChI is InChI=1S/C10H8BrF3N2/c1-6(5-15)16-9-3-7(10(12,13)14)2-8(11)4-9/h2-4,6,16H,1H3. The molecular formula is C10H8BrF3N2. The van der Waals surface area contributed by atoms with E-state index < -0.39 is 17.8 Å². The van der Waals surface area contributed by atoms with Crippen LogP contribution in [0.3, 0.4) is 0 Å². The molecule has 0 fully saturated rings. The van der Waals surface area contributed by atoms with Gasteiger partial charge in [0.05, 0.1) is 11.6 Å². The number of rotatable bonds is 2. The van der Waals surface area contributed by atoms with Gasteiger partial charge in [-0.15, -0.1) is 0 Å². The van der Waals surface area contributed by atoms with Gasteiger partial charge < -0.3 is 5.32 Å². The third-order valence-corrected chi connectivity index (χ3v) is 2.26. The number of halogens is 4. The van der Waals surface area contributed by atoms with Crippen LogP contribution in [0, 0.1) is 11.3 Å². The van der Waals surface area contributed by atoms with Crippen molar-refractivity contribution in [3.8, 4) is 6.07 Å². The van der Waals surface area contributed by atoms with Gasteiger partial charge in [0.15, 0.2) is 0 Å². The fourth-order valence-corrected chi connectivity index (χ4v) is 1.61. The first kappa shape index (κ1) is 12.8. The zero-order valence-corrected chi connectivity index (χ0v) is 9.85. The molecule has 0 aliphatic heterocycles. The number of nitrogens with one attached hydrogen (secondary N) is 1. The summed E-state index contributed by atoms with van der Waals surface area (Å²) < 4.78 is 37.7. The van der Waals surface area contributed by atoms with Gasteiger partial charge in [-0.1, -0.05) is 15.9 Å².